The maximum absolute atomic E-state index is 4.17. The second-order valence-electron chi connectivity index (χ2n) is 3.06. The van der Waals surface area contributed by atoms with Crippen molar-refractivity contribution in [3.63, 3.8) is 0 Å². The summed E-state index contributed by atoms with van der Waals surface area (Å²) in [6.07, 6.45) is 4.55. The number of halogens is 1. The van der Waals surface area contributed by atoms with Crippen LogP contribution in [0.2, 0.25) is 0 Å². The second kappa shape index (κ2) is 4.81. The fraction of sp³-hybridized carbons (Fsp3) is 0.300. The molecule has 0 N–H and O–H groups in total. The highest BCUT2D eigenvalue weighted by atomic mass is 79.9. The Morgan fingerprint density at radius 1 is 1.33 bits per heavy atom. The van der Waals surface area contributed by atoms with Gasteiger partial charge in [0.15, 0.2) is 0 Å². The number of nitrogens with zero attached hydrogens (tertiary/aromatic N) is 3. The van der Waals surface area contributed by atoms with Gasteiger partial charge in [-0.3, -0.25) is 4.98 Å². The fourth-order valence-corrected chi connectivity index (χ4v) is 2.43. The van der Waals surface area contributed by atoms with E-state index in [1.54, 1.807) is 23.7 Å². The van der Waals surface area contributed by atoms with Crippen LogP contribution < -0.4 is 0 Å². The van der Waals surface area contributed by atoms with Crippen LogP contribution in [0.3, 0.4) is 0 Å². The zero-order valence-corrected chi connectivity index (χ0v) is 10.6. The molecule has 0 spiro atoms. The van der Waals surface area contributed by atoms with E-state index in [1.165, 1.54) is 0 Å². The van der Waals surface area contributed by atoms with Crippen molar-refractivity contribution < 1.29 is 0 Å². The minimum absolute atomic E-state index is 0.311. The predicted molar refractivity (Wildman–Crippen MR) is 65.1 cm³/mol. The van der Waals surface area contributed by atoms with Crippen LogP contribution in [0.4, 0.5) is 0 Å². The number of rotatable bonds is 3. The van der Waals surface area contributed by atoms with Crippen LogP contribution >= 0.6 is 27.3 Å². The van der Waals surface area contributed by atoms with Crippen LogP contribution in [0.5, 0.6) is 0 Å². The summed E-state index contributed by atoms with van der Waals surface area (Å²) in [4.78, 5) is 4.29. The maximum atomic E-state index is 4.17. The van der Waals surface area contributed by atoms with Crippen molar-refractivity contribution in [1.82, 2.24) is 15.2 Å². The van der Waals surface area contributed by atoms with Gasteiger partial charge in [-0.25, -0.2) is 0 Å². The first-order valence-electron chi connectivity index (χ1n) is 4.69. The van der Waals surface area contributed by atoms with Crippen molar-refractivity contribution in [3.05, 3.63) is 29.5 Å². The highest BCUT2D eigenvalue weighted by molar-refractivity contribution is 9.09. The smallest absolute Gasteiger partial charge is 0.147 e. The molecule has 0 fully saturated rings. The lowest BCUT2D eigenvalue weighted by atomic mass is 10.3. The molecule has 2 aromatic heterocycles. The number of pyridine rings is 1. The molecule has 0 amide bonds. The SMILES string of the molecule is CCC(Br)c1nnc(-c2ccncc2)s1. The molecule has 78 valence electrons. The van der Waals surface area contributed by atoms with Crippen molar-refractivity contribution in [2.75, 3.05) is 0 Å². The molecule has 0 bridgehead atoms. The summed E-state index contributed by atoms with van der Waals surface area (Å²) >= 11 is 5.19. The average molecular weight is 284 g/mol. The minimum atomic E-state index is 0.311. The summed E-state index contributed by atoms with van der Waals surface area (Å²) < 4.78 is 0. The first-order chi connectivity index (χ1) is 7.31. The van der Waals surface area contributed by atoms with E-state index < -0.39 is 0 Å². The van der Waals surface area contributed by atoms with Gasteiger partial charge in [-0.15, -0.1) is 10.2 Å². The molecule has 0 aliphatic rings. The molecule has 2 rings (SSSR count). The monoisotopic (exact) mass is 283 g/mol. The average Bonchev–Trinajstić information content (AvgIpc) is 2.78. The minimum Gasteiger partial charge on any atom is -0.265 e. The Balaban J connectivity index is 2.28. The van der Waals surface area contributed by atoms with Gasteiger partial charge < -0.3 is 0 Å². The van der Waals surface area contributed by atoms with Gasteiger partial charge in [0.05, 0.1) is 4.83 Å². The van der Waals surface area contributed by atoms with Crippen molar-refractivity contribution >= 4 is 27.3 Å². The van der Waals surface area contributed by atoms with Crippen LogP contribution in [0.25, 0.3) is 10.6 Å². The third-order valence-electron chi connectivity index (χ3n) is 1.99. The largest absolute Gasteiger partial charge is 0.265 e. The van der Waals surface area contributed by atoms with E-state index in [4.69, 9.17) is 0 Å². The fourth-order valence-electron chi connectivity index (χ4n) is 1.15. The quantitative estimate of drug-likeness (QED) is 0.810. The molecule has 1 atom stereocenters. The highest BCUT2D eigenvalue weighted by Crippen LogP contribution is 2.32. The molecule has 0 saturated carbocycles. The summed E-state index contributed by atoms with van der Waals surface area (Å²) in [5.41, 5.74) is 1.07. The van der Waals surface area contributed by atoms with E-state index in [9.17, 15) is 0 Å². The van der Waals surface area contributed by atoms with Gasteiger partial charge in [0, 0.05) is 18.0 Å². The van der Waals surface area contributed by atoms with Gasteiger partial charge in [-0.1, -0.05) is 34.2 Å². The normalized spacial score (nSPS) is 12.7. The van der Waals surface area contributed by atoms with E-state index >= 15 is 0 Å². The van der Waals surface area contributed by atoms with E-state index in [1.807, 2.05) is 12.1 Å². The van der Waals surface area contributed by atoms with Gasteiger partial charge in [0.1, 0.15) is 10.0 Å². The summed E-state index contributed by atoms with van der Waals surface area (Å²) in [5.74, 6) is 0. The first kappa shape index (κ1) is 10.7. The molecular weight excluding hydrogens is 274 g/mol. The third-order valence-corrected chi connectivity index (χ3v) is 4.46. The van der Waals surface area contributed by atoms with Crippen molar-refractivity contribution in [1.29, 1.82) is 0 Å². The first-order valence-corrected chi connectivity index (χ1v) is 6.42. The molecule has 0 radical (unpaired) electrons. The van der Waals surface area contributed by atoms with Crippen LogP contribution in [0, 0.1) is 0 Å². The molecular formula is C10H10BrN3S. The summed E-state index contributed by atoms with van der Waals surface area (Å²) in [5, 5.41) is 10.3. The third kappa shape index (κ3) is 2.41. The lowest BCUT2D eigenvalue weighted by Gasteiger charge is -1.98. The van der Waals surface area contributed by atoms with E-state index in [0.29, 0.717) is 4.83 Å². The zero-order chi connectivity index (χ0) is 10.7. The number of hydrogen-bond donors (Lipinski definition) is 0. The Kier molecular flexibility index (Phi) is 3.43. The highest BCUT2D eigenvalue weighted by Gasteiger charge is 2.12. The van der Waals surface area contributed by atoms with Gasteiger partial charge in [-0.2, -0.15) is 0 Å². The van der Waals surface area contributed by atoms with E-state index in [2.05, 4.69) is 38.0 Å². The second-order valence-corrected chi connectivity index (χ2v) is 5.17. The molecule has 2 heterocycles. The summed E-state index contributed by atoms with van der Waals surface area (Å²) in [7, 11) is 0. The zero-order valence-electron chi connectivity index (χ0n) is 8.22. The van der Waals surface area contributed by atoms with Gasteiger partial charge in [-0.05, 0) is 18.6 Å². The van der Waals surface area contributed by atoms with Crippen molar-refractivity contribution in [2.24, 2.45) is 0 Å². The maximum Gasteiger partial charge on any atom is 0.147 e. The molecule has 0 saturated heterocycles. The number of hydrogen-bond acceptors (Lipinski definition) is 4. The Hall–Kier alpha value is -0.810. The molecule has 15 heavy (non-hydrogen) atoms. The van der Waals surface area contributed by atoms with Gasteiger partial charge in [0.2, 0.25) is 0 Å². The molecule has 1 unspecified atom stereocenters. The number of aromatic nitrogens is 3. The molecule has 2 aromatic rings. The topological polar surface area (TPSA) is 38.7 Å². The van der Waals surface area contributed by atoms with E-state index in [-0.39, 0.29) is 0 Å². The van der Waals surface area contributed by atoms with Crippen molar-refractivity contribution in [2.45, 2.75) is 18.2 Å². The lowest BCUT2D eigenvalue weighted by Crippen LogP contribution is -1.84. The Morgan fingerprint density at radius 2 is 2.07 bits per heavy atom. The van der Waals surface area contributed by atoms with Gasteiger partial charge >= 0.3 is 0 Å². The lowest BCUT2D eigenvalue weighted by molar-refractivity contribution is 0.870. The molecule has 5 heteroatoms. The standard InChI is InChI=1S/C10H10BrN3S/c1-2-8(11)10-14-13-9(15-10)7-3-5-12-6-4-7/h3-6,8H,2H2,1H3. The van der Waals surface area contributed by atoms with Crippen LogP contribution in [-0.4, -0.2) is 15.2 Å². The van der Waals surface area contributed by atoms with Crippen molar-refractivity contribution in [3.8, 4) is 10.6 Å². The molecule has 0 aliphatic carbocycles. The molecule has 3 nitrogen and oxygen atoms in total. The predicted octanol–water partition coefficient (Wildman–Crippen LogP) is 3.45. The van der Waals surface area contributed by atoms with Crippen LogP contribution in [-0.2, 0) is 0 Å². The Bertz CT molecular complexity index is 429. The number of alkyl halides is 1. The Labute approximate surface area is 101 Å². The Morgan fingerprint density at radius 3 is 2.73 bits per heavy atom. The molecule has 0 aliphatic heterocycles. The summed E-state index contributed by atoms with van der Waals surface area (Å²) in [6.45, 7) is 2.12. The van der Waals surface area contributed by atoms with E-state index in [0.717, 1.165) is 22.0 Å². The van der Waals surface area contributed by atoms with Crippen LogP contribution in [0.1, 0.15) is 23.2 Å². The van der Waals surface area contributed by atoms with Gasteiger partial charge in [0.25, 0.3) is 0 Å². The molecule has 0 aromatic carbocycles. The van der Waals surface area contributed by atoms with Crippen LogP contribution in [0.15, 0.2) is 24.5 Å². The summed E-state index contributed by atoms with van der Waals surface area (Å²) in [6, 6.07) is 3.89.